The highest BCUT2D eigenvalue weighted by molar-refractivity contribution is 7.99. The van der Waals surface area contributed by atoms with Crippen LogP contribution < -0.4 is 5.73 Å². The van der Waals surface area contributed by atoms with Crippen LogP contribution >= 0.6 is 23.4 Å². The van der Waals surface area contributed by atoms with Gasteiger partial charge < -0.3 is 10.8 Å². The van der Waals surface area contributed by atoms with Gasteiger partial charge in [0.15, 0.2) is 0 Å². The molecule has 1 unspecified atom stereocenters. The number of nitrogen functional groups attached to an aromatic ring is 1. The van der Waals surface area contributed by atoms with E-state index in [2.05, 4.69) is 4.98 Å². The van der Waals surface area contributed by atoms with Crippen molar-refractivity contribution in [2.75, 3.05) is 11.5 Å². The number of halogens is 1. The van der Waals surface area contributed by atoms with Crippen LogP contribution in [0.1, 0.15) is 11.7 Å². The van der Waals surface area contributed by atoms with E-state index in [9.17, 15) is 5.11 Å². The monoisotopic (exact) mass is 280 g/mol. The Bertz CT molecular complexity index is 519. The molecule has 1 aromatic carbocycles. The molecule has 1 atom stereocenters. The Hall–Kier alpha value is -1.23. The number of benzene rings is 1. The van der Waals surface area contributed by atoms with Gasteiger partial charge in [-0.05, 0) is 18.2 Å². The molecule has 0 saturated heterocycles. The minimum absolute atomic E-state index is 0.503. The van der Waals surface area contributed by atoms with Gasteiger partial charge in [0.2, 0.25) is 0 Å². The summed E-state index contributed by atoms with van der Waals surface area (Å²) in [5.74, 6) is 0.503. The van der Waals surface area contributed by atoms with E-state index in [0.29, 0.717) is 16.5 Å². The molecule has 3 nitrogen and oxygen atoms in total. The number of aromatic nitrogens is 1. The second-order valence-electron chi connectivity index (χ2n) is 3.77. The van der Waals surface area contributed by atoms with E-state index >= 15 is 0 Å². The first-order valence-electron chi connectivity index (χ1n) is 5.43. The van der Waals surface area contributed by atoms with Crippen LogP contribution in [0.5, 0.6) is 0 Å². The number of pyridine rings is 1. The van der Waals surface area contributed by atoms with E-state index in [-0.39, 0.29) is 0 Å². The minimum Gasteiger partial charge on any atom is -0.398 e. The normalized spacial score (nSPS) is 12.3. The highest BCUT2D eigenvalue weighted by Crippen LogP contribution is 2.26. The fourth-order valence-corrected chi connectivity index (χ4v) is 2.43. The number of nitrogens with zero attached hydrogens (tertiary/aromatic N) is 1. The summed E-state index contributed by atoms with van der Waals surface area (Å²) < 4.78 is 0. The van der Waals surface area contributed by atoms with Crippen LogP contribution in [0.3, 0.4) is 0 Å². The van der Waals surface area contributed by atoms with Gasteiger partial charge in [0.05, 0.1) is 16.2 Å². The fourth-order valence-electron chi connectivity index (χ4n) is 1.52. The highest BCUT2D eigenvalue weighted by atomic mass is 35.5. The molecule has 2 aromatic rings. The molecule has 0 aliphatic carbocycles. The summed E-state index contributed by atoms with van der Waals surface area (Å²) in [6.07, 6.45) is 0.987. The summed E-state index contributed by atoms with van der Waals surface area (Å²) in [5.41, 5.74) is 7.16. The maximum absolute atomic E-state index is 10.1. The SMILES string of the molecule is Nc1ccccc1C(O)CSc1ccc(Cl)cn1. The van der Waals surface area contributed by atoms with Gasteiger partial charge in [-0.15, -0.1) is 11.8 Å². The molecule has 0 radical (unpaired) electrons. The van der Waals surface area contributed by atoms with Crippen molar-refractivity contribution in [2.24, 2.45) is 0 Å². The zero-order valence-electron chi connectivity index (χ0n) is 9.58. The summed E-state index contributed by atoms with van der Waals surface area (Å²) in [6.45, 7) is 0. The molecule has 0 fully saturated rings. The molecule has 0 spiro atoms. The lowest BCUT2D eigenvalue weighted by atomic mass is 10.1. The molecule has 0 aliphatic heterocycles. The van der Waals surface area contributed by atoms with E-state index in [0.717, 1.165) is 10.6 Å². The lowest BCUT2D eigenvalue weighted by molar-refractivity contribution is 0.205. The number of thioether (sulfide) groups is 1. The number of hydrogen-bond acceptors (Lipinski definition) is 4. The van der Waals surface area contributed by atoms with Crippen molar-refractivity contribution < 1.29 is 5.11 Å². The van der Waals surface area contributed by atoms with Gasteiger partial charge in [0.25, 0.3) is 0 Å². The summed E-state index contributed by atoms with van der Waals surface area (Å²) >= 11 is 7.22. The highest BCUT2D eigenvalue weighted by Gasteiger charge is 2.11. The van der Waals surface area contributed by atoms with Gasteiger partial charge in [-0.25, -0.2) is 4.98 Å². The molecule has 94 valence electrons. The van der Waals surface area contributed by atoms with E-state index in [1.165, 1.54) is 11.8 Å². The molecular formula is C13H13ClN2OS. The lowest BCUT2D eigenvalue weighted by Gasteiger charge is -2.12. The van der Waals surface area contributed by atoms with Gasteiger partial charge in [-0.3, -0.25) is 0 Å². The number of para-hydroxylation sites is 1. The molecule has 3 N–H and O–H groups in total. The third kappa shape index (κ3) is 3.38. The summed E-state index contributed by atoms with van der Waals surface area (Å²) in [6, 6.07) is 10.9. The molecule has 0 bridgehead atoms. The second-order valence-corrected chi connectivity index (χ2v) is 5.25. The fraction of sp³-hybridized carbons (Fsp3) is 0.154. The molecule has 1 aromatic heterocycles. The number of rotatable bonds is 4. The summed E-state index contributed by atoms with van der Waals surface area (Å²) in [5, 5.41) is 11.5. The van der Waals surface area contributed by atoms with Crippen LogP contribution in [-0.4, -0.2) is 15.8 Å². The average Bonchev–Trinajstić information content (AvgIpc) is 2.38. The second kappa shape index (κ2) is 6.09. The molecule has 0 saturated carbocycles. The van der Waals surface area contributed by atoms with Gasteiger partial charge in [0, 0.05) is 23.2 Å². The van der Waals surface area contributed by atoms with E-state index in [1.54, 1.807) is 18.3 Å². The minimum atomic E-state index is -0.603. The molecular weight excluding hydrogens is 268 g/mol. The first-order valence-corrected chi connectivity index (χ1v) is 6.80. The predicted octanol–water partition coefficient (Wildman–Crippen LogP) is 3.14. The Morgan fingerprint density at radius 1 is 1.28 bits per heavy atom. The molecule has 0 aliphatic rings. The first-order chi connectivity index (χ1) is 8.66. The van der Waals surface area contributed by atoms with Gasteiger partial charge in [0.1, 0.15) is 0 Å². The molecule has 5 heteroatoms. The largest absolute Gasteiger partial charge is 0.398 e. The third-order valence-electron chi connectivity index (χ3n) is 2.44. The van der Waals surface area contributed by atoms with Crippen LogP contribution in [0.4, 0.5) is 5.69 Å². The van der Waals surface area contributed by atoms with E-state index < -0.39 is 6.10 Å². The first kappa shape index (κ1) is 13.2. The van der Waals surface area contributed by atoms with Crippen LogP contribution in [0.15, 0.2) is 47.6 Å². The summed E-state index contributed by atoms with van der Waals surface area (Å²) in [4.78, 5) is 4.15. The maximum Gasteiger partial charge on any atom is 0.0961 e. The molecule has 0 amide bonds. The third-order valence-corrected chi connectivity index (χ3v) is 3.69. The quantitative estimate of drug-likeness (QED) is 0.667. The Kier molecular flexibility index (Phi) is 4.47. The van der Waals surface area contributed by atoms with E-state index in [4.69, 9.17) is 17.3 Å². The topological polar surface area (TPSA) is 59.1 Å². The summed E-state index contributed by atoms with van der Waals surface area (Å²) in [7, 11) is 0. The van der Waals surface area contributed by atoms with Crippen molar-refractivity contribution in [2.45, 2.75) is 11.1 Å². The van der Waals surface area contributed by atoms with Crippen molar-refractivity contribution in [3.63, 3.8) is 0 Å². The zero-order valence-corrected chi connectivity index (χ0v) is 11.2. The number of hydrogen-bond donors (Lipinski definition) is 2. The van der Waals surface area contributed by atoms with Gasteiger partial charge in [-0.2, -0.15) is 0 Å². The Labute approximate surface area is 115 Å². The van der Waals surface area contributed by atoms with Crippen molar-refractivity contribution in [3.8, 4) is 0 Å². The van der Waals surface area contributed by atoms with Crippen molar-refractivity contribution in [1.29, 1.82) is 0 Å². The molecule has 2 rings (SSSR count). The van der Waals surface area contributed by atoms with Gasteiger partial charge >= 0.3 is 0 Å². The number of aliphatic hydroxyl groups is 1. The Morgan fingerprint density at radius 2 is 2.06 bits per heavy atom. The smallest absolute Gasteiger partial charge is 0.0961 e. The van der Waals surface area contributed by atoms with Crippen LogP contribution in [0.25, 0.3) is 0 Å². The van der Waals surface area contributed by atoms with Crippen LogP contribution in [0.2, 0.25) is 5.02 Å². The van der Waals surface area contributed by atoms with Crippen LogP contribution in [0, 0.1) is 0 Å². The number of aliphatic hydroxyl groups excluding tert-OH is 1. The predicted molar refractivity (Wildman–Crippen MR) is 75.8 cm³/mol. The molecule has 1 heterocycles. The number of anilines is 1. The Balaban J connectivity index is 1.98. The van der Waals surface area contributed by atoms with E-state index in [1.807, 2.05) is 24.3 Å². The standard InChI is InChI=1S/C13H13ClN2OS/c14-9-5-6-13(16-7-9)18-8-12(17)10-3-1-2-4-11(10)15/h1-7,12,17H,8,15H2. The van der Waals surface area contributed by atoms with Crippen molar-refractivity contribution in [1.82, 2.24) is 4.98 Å². The van der Waals surface area contributed by atoms with Crippen molar-refractivity contribution in [3.05, 3.63) is 53.2 Å². The van der Waals surface area contributed by atoms with Crippen LogP contribution in [-0.2, 0) is 0 Å². The average molecular weight is 281 g/mol. The van der Waals surface area contributed by atoms with Crippen molar-refractivity contribution >= 4 is 29.1 Å². The maximum atomic E-state index is 10.1. The zero-order chi connectivity index (χ0) is 13.0. The van der Waals surface area contributed by atoms with Gasteiger partial charge in [-0.1, -0.05) is 29.8 Å². The number of nitrogens with two attached hydrogens (primary N) is 1. The lowest BCUT2D eigenvalue weighted by Crippen LogP contribution is -2.04. The molecule has 18 heavy (non-hydrogen) atoms. The Morgan fingerprint density at radius 3 is 2.72 bits per heavy atom.